The number of halogens is 1. The number of fused-ring (bicyclic) bond motifs is 1. The molecule has 10 heteroatoms. The van der Waals surface area contributed by atoms with E-state index in [0.29, 0.717) is 16.3 Å². The average molecular weight is 464 g/mol. The molecule has 2 amide bonds. The van der Waals surface area contributed by atoms with Crippen molar-refractivity contribution in [3.63, 3.8) is 0 Å². The number of hydrogen-bond donors (Lipinski definition) is 2. The molecule has 0 radical (unpaired) electrons. The van der Waals surface area contributed by atoms with Crippen LogP contribution in [0.1, 0.15) is 19.3 Å². The number of carbonyl (C=O) groups excluding carboxylic acids is 2. The number of sulfonamides is 1. The molecule has 2 heterocycles. The van der Waals surface area contributed by atoms with Crippen LogP contribution in [0.5, 0.6) is 0 Å². The summed E-state index contributed by atoms with van der Waals surface area (Å²) in [6, 6.07) is 9.86. The maximum absolute atomic E-state index is 13.9. The second-order valence-electron chi connectivity index (χ2n) is 7.53. The predicted molar refractivity (Wildman–Crippen MR) is 117 cm³/mol. The standard InChI is InChI=1S/C21H22FN3O4S2/c22-16-5-1-2-6-17(16)24-31(28,29)15-7-8-19-18(12-15)23-21(27)14(13-30-19)11-20(26)25-9-3-4-10-25/h1-2,5-8,12,14,24H,3-4,9-11,13H2,(H,23,27)/t14-/m1/s1. The Kier molecular flexibility index (Phi) is 6.19. The van der Waals surface area contributed by atoms with Crippen LogP contribution in [0, 0.1) is 11.7 Å². The molecule has 1 atom stereocenters. The van der Waals surface area contributed by atoms with E-state index in [1.165, 1.54) is 42.1 Å². The lowest BCUT2D eigenvalue weighted by molar-refractivity contribution is -0.133. The van der Waals surface area contributed by atoms with Gasteiger partial charge >= 0.3 is 0 Å². The van der Waals surface area contributed by atoms with E-state index >= 15 is 0 Å². The van der Waals surface area contributed by atoms with Crippen LogP contribution in [-0.2, 0) is 19.6 Å². The fraction of sp³-hybridized carbons (Fsp3) is 0.333. The molecule has 7 nitrogen and oxygen atoms in total. The Morgan fingerprint density at radius 1 is 1.19 bits per heavy atom. The SMILES string of the molecule is O=C1Nc2cc(S(=O)(=O)Nc3ccccc3F)ccc2SC[C@H]1CC(=O)N1CCCC1. The summed E-state index contributed by atoms with van der Waals surface area (Å²) in [6.07, 6.45) is 2.11. The lowest BCUT2D eigenvalue weighted by Crippen LogP contribution is -2.33. The van der Waals surface area contributed by atoms with Crippen LogP contribution in [0.3, 0.4) is 0 Å². The molecule has 164 valence electrons. The zero-order chi connectivity index (χ0) is 22.0. The average Bonchev–Trinajstić information content (AvgIpc) is 3.23. The van der Waals surface area contributed by atoms with Crippen molar-refractivity contribution >= 4 is 45.0 Å². The number of nitrogens with one attached hydrogen (secondary N) is 2. The Bertz CT molecular complexity index is 1120. The molecule has 1 saturated heterocycles. The first-order valence-electron chi connectivity index (χ1n) is 9.96. The van der Waals surface area contributed by atoms with Crippen LogP contribution in [-0.4, -0.2) is 44.0 Å². The second kappa shape index (κ2) is 8.88. The van der Waals surface area contributed by atoms with Gasteiger partial charge in [-0.3, -0.25) is 14.3 Å². The van der Waals surface area contributed by atoms with Crippen LogP contribution in [0.2, 0.25) is 0 Å². The number of nitrogens with zero attached hydrogens (tertiary/aromatic N) is 1. The number of hydrogen-bond acceptors (Lipinski definition) is 5. The van der Waals surface area contributed by atoms with Gasteiger partial charge in [0, 0.05) is 30.2 Å². The van der Waals surface area contributed by atoms with Gasteiger partial charge in [-0.15, -0.1) is 11.8 Å². The number of carbonyl (C=O) groups is 2. The summed E-state index contributed by atoms with van der Waals surface area (Å²) in [5.41, 5.74) is 0.207. The maximum Gasteiger partial charge on any atom is 0.262 e. The first kappa shape index (κ1) is 21.6. The number of likely N-dealkylation sites (tertiary alicyclic amines) is 1. The summed E-state index contributed by atoms with van der Waals surface area (Å²) in [6.45, 7) is 1.47. The molecule has 0 unspecified atom stereocenters. The zero-order valence-electron chi connectivity index (χ0n) is 16.6. The molecule has 0 saturated carbocycles. The van der Waals surface area contributed by atoms with Gasteiger partial charge in [0.05, 0.1) is 22.2 Å². The summed E-state index contributed by atoms with van der Waals surface area (Å²) < 4.78 is 41.5. The number of thioether (sulfide) groups is 1. The second-order valence-corrected chi connectivity index (χ2v) is 10.3. The Morgan fingerprint density at radius 3 is 2.68 bits per heavy atom. The number of amides is 2. The van der Waals surface area contributed by atoms with Crippen molar-refractivity contribution in [1.29, 1.82) is 0 Å². The number of benzene rings is 2. The summed E-state index contributed by atoms with van der Waals surface area (Å²) in [7, 11) is -4.05. The smallest absolute Gasteiger partial charge is 0.262 e. The molecule has 1 fully saturated rings. The van der Waals surface area contributed by atoms with Crippen LogP contribution < -0.4 is 10.0 Å². The third-order valence-electron chi connectivity index (χ3n) is 5.33. The molecule has 2 aliphatic rings. The van der Waals surface area contributed by atoms with Gasteiger partial charge in [0.25, 0.3) is 10.0 Å². The van der Waals surface area contributed by atoms with Gasteiger partial charge in [-0.05, 0) is 43.2 Å². The number of rotatable bonds is 5. The lowest BCUT2D eigenvalue weighted by Gasteiger charge is -2.18. The Morgan fingerprint density at radius 2 is 1.94 bits per heavy atom. The van der Waals surface area contributed by atoms with E-state index in [9.17, 15) is 22.4 Å². The van der Waals surface area contributed by atoms with E-state index in [1.807, 2.05) is 0 Å². The molecule has 4 rings (SSSR count). The molecule has 0 aliphatic carbocycles. The highest BCUT2D eigenvalue weighted by atomic mass is 32.2. The van der Waals surface area contributed by atoms with Crippen molar-refractivity contribution in [2.45, 2.75) is 29.1 Å². The van der Waals surface area contributed by atoms with Crippen LogP contribution >= 0.6 is 11.8 Å². The van der Waals surface area contributed by atoms with Crippen molar-refractivity contribution in [1.82, 2.24) is 4.90 Å². The van der Waals surface area contributed by atoms with Gasteiger partial charge in [-0.1, -0.05) is 12.1 Å². The normalized spacial score (nSPS) is 18.8. The van der Waals surface area contributed by atoms with Crippen LogP contribution in [0.15, 0.2) is 52.3 Å². The maximum atomic E-state index is 13.9. The van der Waals surface area contributed by atoms with Crippen LogP contribution in [0.4, 0.5) is 15.8 Å². The predicted octanol–water partition coefficient (Wildman–Crippen LogP) is 3.30. The fourth-order valence-corrected chi connectivity index (χ4v) is 5.78. The molecule has 31 heavy (non-hydrogen) atoms. The summed E-state index contributed by atoms with van der Waals surface area (Å²) in [5.74, 6) is -1.09. The van der Waals surface area contributed by atoms with Crippen molar-refractivity contribution in [3.8, 4) is 0 Å². The molecule has 2 N–H and O–H groups in total. The molecule has 2 aliphatic heterocycles. The molecule has 0 spiro atoms. The highest BCUT2D eigenvalue weighted by molar-refractivity contribution is 7.99. The number of anilines is 2. The minimum absolute atomic E-state index is 0.0263. The highest BCUT2D eigenvalue weighted by Crippen LogP contribution is 2.35. The van der Waals surface area contributed by atoms with Crippen molar-refractivity contribution in [3.05, 3.63) is 48.3 Å². The fourth-order valence-electron chi connectivity index (χ4n) is 3.61. The monoisotopic (exact) mass is 463 g/mol. The Hall–Kier alpha value is -2.59. The summed E-state index contributed by atoms with van der Waals surface area (Å²) in [4.78, 5) is 27.6. The van der Waals surface area contributed by atoms with E-state index in [4.69, 9.17) is 0 Å². The zero-order valence-corrected chi connectivity index (χ0v) is 18.3. The molecule has 0 aromatic heterocycles. The molecule has 0 bridgehead atoms. The van der Waals surface area contributed by atoms with Crippen molar-refractivity contribution < 1.29 is 22.4 Å². The molecular formula is C21H22FN3O4S2. The quantitative estimate of drug-likeness (QED) is 0.710. The summed E-state index contributed by atoms with van der Waals surface area (Å²) >= 11 is 1.40. The van der Waals surface area contributed by atoms with E-state index in [-0.39, 0.29) is 28.8 Å². The third-order valence-corrected chi connectivity index (χ3v) is 7.93. The minimum Gasteiger partial charge on any atom is -0.343 e. The van der Waals surface area contributed by atoms with E-state index in [2.05, 4.69) is 10.0 Å². The van der Waals surface area contributed by atoms with Gasteiger partial charge in [-0.2, -0.15) is 0 Å². The van der Waals surface area contributed by atoms with E-state index in [1.54, 1.807) is 11.0 Å². The van der Waals surface area contributed by atoms with Gasteiger partial charge in [-0.25, -0.2) is 12.8 Å². The van der Waals surface area contributed by atoms with Crippen molar-refractivity contribution in [2.75, 3.05) is 28.9 Å². The van der Waals surface area contributed by atoms with Crippen molar-refractivity contribution in [2.24, 2.45) is 5.92 Å². The Labute approximate surface area is 184 Å². The third kappa shape index (κ3) is 4.85. The van der Waals surface area contributed by atoms with Gasteiger partial charge in [0.1, 0.15) is 5.82 Å². The van der Waals surface area contributed by atoms with Gasteiger partial charge in [0.15, 0.2) is 0 Å². The first-order chi connectivity index (χ1) is 14.8. The first-order valence-corrected chi connectivity index (χ1v) is 12.4. The topological polar surface area (TPSA) is 95.6 Å². The minimum atomic E-state index is -4.05. The highest BCUT2D eigenvalue weighted by Gasteiger charge is 2.30. The van der Waals surface area contributed by atoms with E-state index in [0.717, 1.165) is 32.0 Å². The van der Waals surface area contributed by atoms with Gasteiger partial charge < -0.3 is 10.2 Å². The lowest BCUT2D eigenvalue weighted by atomic mass is 10.1. The van der Waals surface area contributed by atoms with Gasteiger partial charge in [0.2, 0.25) is 11.8 Å². The largest absolute Gasteiger partial charge is 0.343 e. The number of para-hydroxylation sites is 1. The summed E-state index contributed by atoms with van der Waals surface area (Å²) in [5, 5.41) is 2.76. The molecule has 2 aromatic carbocycles. The molecular weight excluding hydrogens is 441 g/mol. The van der Waals surface area contributed by atoms with Crippen LogP contribution in [0.25, 0.3) is 0 Å². The Balaban J connectivity index is 1.50. The molecule has 2 aromatic rings. The van der Waals surface area contributed by atoms with E-state index < -0.39 is 21.8 Å².